The first-order valence-electron chi connectivity index (χ1n) is 5.72. The quantitative estimate of drug-likeness (QED) is 0.752. The largest absolute Gasteiger partial charge is 0.497 e. The van der Waals surface area contributed by atoms with Crippen molar-refractivity contribution in [2.24, 2.45) is 0 Å². The molecule has 0 aliphatic carbocycles. The standard InChI is InChI=1S/C13H11N5O3/c1-21-8-3-6(2-7(4-8)12(19)20)10-9(5-14)11(15)18-13(16)17-10/h2-4H,1H3,(H,19,20)(H4,15,16,17,18). The fourth-order valence-corrected chi connectivity index (χ4v) is 1.79. The number of carboxylic acid groups (broad SMARTS) is 1. The van der Waals surface area contributed by atoms with Crippen LogP contribution in [-0.4, -0.2) is 28.2 Å². The van der Waals surface area contributed by atoms with Gasteiger partial charge in [-0.3, -0.25) is 0 Å². The maximum atomic E-state index is 11.1. The Morgan fingerprint density at radius 3 is 2.62 bits per heavy atom. The fraction of sp³-hybridized carbons (Fsp3) is 0.0769. The summed E-state index contributed by atoms with van der Waals surface area (Å²) in [6.07, 6.45) is 0. The van der Waals surface area contributed by atoms with E-state index in [1.54, 1.807) is 0 Å². The average molecular weight is 285 g/mol. The lowest BCUT2D eigenvalue weighted by Crippen LogP contribution is -2.06. The van der Waals surface area contributed by atoms with Crippen molar-refractivity contribution in [2.45, 2.75) is 0 Å². The van der Waals surface area contributed by atoms with Crippen LogP contribution in [0.2, 0.25) is 0 Å². The van der Waals surface area contributed by atoms with Gasteiger partial charge in [0.1, 0.15) is 23.2 Å². The minimum atomic E-state index is -1.14. The van der Waals surface area contributed by atoms with Gasteiger partial charge in [-0.2, -0.15) is 10.2 Å². The summed E-state index contributed by atoms with van der Waals surface area (Å²) >= 11 is 0. The van der Waals surface area contributed by atoms with Crippen LogP contribution in [0.3, 0.4) is 0 Å². The zero-order valence-electron chi connectivity index (χ0n) is 11.0. The highest BCUT2D eigenvalue weighted by Crippen LogP contribution is 2.29. The number of carbonyl (C=O) groups is 1. The first kappa shape index (κ1) is 14.1. The van der Waals surface area contributed by atoms with E-state index in [1.165, 1.54) is 25.3 Å². The predicted octanol–water partition coefficient (Wildman–Crippen LogP) is 0.886. The molecule has 0 radical (unpaired) electrons. The second-order valence-corrected chi connectivity index (χ2v) is 4.06. The van der Waals surface area contributed by atoms with Gasteiger partial charge < -0.3 is 21.3 Å². The van der Waals surface area contributed by atoms with Crippen LogP contribution in [0.5, 0.6) is 5.75 Å². The van der Waals surface area contributed by atoms with E-state index in [0.717, 1.165) is 0 Å². The third-order valence-electron chi connectivity index (χ3n) is 2.73. The van der Waals surface area contributed by atoms with Crippen LogP contribution < -0.4 is 16.2 Å². The number of hydrogen-bond acceptors (Lipinski definition) is 7. The molecule has 0 unspecified atom stereocenters. The number of benzene rings is 1. The van der Waals surface area contributed by atoms with E-state index in [1.807, 2.05) is 6.07 Å². The number of nitrogens with two attached hydrogens (primary N) is 2. The van der Waals surface area contributed by atoms with Gasteiger partial charge in [0.15, 0.2) is 0 Å². The van der Waals surface area contributed by atoms with Crippen LogP contribution in [0, 0.1) is 11.3 Å². The normalized spacial score (nSPS) is 9.90. The molecule has 0 saturated carbocycles. The van der Waals surface area contributed by atoms with Crippen LogP contribution in [0.1, 0.15) is 15.9 Å². The van der Waals surface area contributed by atoms with Crippen molar-refractivity contribution in [2.75, 3.05) is 18.6 Å². The molecule has 0 amide bonds. The van der Waals surface area contributed by atoms with Crippen molar-refractivity contribution in [3.63, 3.8) is 0 Å². The van der Waals surface area contributed by atoms with Crippen molar-refractivity contribution < 1.29 is 14.6 Å². The van der Waals surface area contributed by atoms with Crippen LogP contribution in [0.4, 0.5) is 11.8 Å². The minimum absolute atomic E-state index is 0.0102. The summed E-state index contributed by atoms with van der Waals surface area (Å²) in [5.41, 5.74) is 11.7. The number of aromatic carboxylic acids is 1. The topological polar surface area (TPSA) is 148 Å². The van der Waals surface area contributed by atoms with Crippen LogP contribution in [0.15, 0.2) is 18.2 Å². The summed E-state index contributed by atoms with van der Waals surface area (Å²) in [5.74, 6) is -1.01. The van der Waals surface area contributed by atoms with Crippen molar-refractivity contribution in [1.82, 2.24) is 9.97 Å². The van der Waals surface area contributed by atoms with E-state index in [0.29, 0.717) is 11.3 Å². The van der Waals surface area contributed by atoms with E-state index in [2.05, 4.69) is 9.97 Å². The minimum Gasteiger partial charge on any atom is -0.497 e. The van der Waals surface area contributed by atoms with Gasteiger partial charge in [-0.1, -0.05) is 0 Å². The molecule has 5 N–H and O–H groups in total. The molecular weight excluding hydrogens is 274 g/mol. The number of ether oxygens (including phenoxy) is 1. The molecule has 0 aliphatic heterocycles. The van der Waals surface area contributed by atoms with E-state index >= 15 is 0 Å². The lowest BCUT2D eigenvalue weighted by Gasteiger charge is -2.09. The fourth-order valence-electron chi connectivity index (χ4n) is 1.79. The van der Waals surface area contributed by atoms with Gasteiger partial charge in [0.25, 0.3) is 0 Å². The lowest BCUT2D eigenvalue weighted by atomic mass is 10.0. The number of nitrogen functional groups attached to an aromatic ring is 2. The van der Waals surface area contributed by atoms with Gasteiger partial charge in [-0.15, -0.1) is 0 Å². The molecule has 0 saturated heterocycles. The average Bonchev–Trinajstić information content (AvgIpc) is 2.45. The number of carboxylic acids is 1. The molecule has 0 bridgehead atoms. The molecular formula is C13H11N5O3. The molecule has 0 aliphatic rings. The van der Waals surface area contributed by atoms with Crippen molar-refractivity contribution >= 4 is 17.7 Å². The van der Waals surface area contributed by atoms with E-state index in [4.69, 9.17) is 26.6 Å². The Kier molecular flexibility index (Phi) is 3.58. The zero-order chi connectivity index (χ0) is 15.6. The zero-order valence-corrected chi connectivity index (χ0v) is 11.0. The number of anilines is 2. The van der Waals surface area contributed by atoms with Crippen molar-refractivity contribution in [3.8, 4) is 23.1 Å². The van der Waals surface area contributed by atoms with E-state index in [9.17, 15) is 4.79 Å². The summed E-state index contributed by atoms with van der Waals surface area (Å²) < 4.78 is 5.05. The highest BCUT2D eigenvalue weighted by Gasteiger charge is 2.16. The molecule has 8 nitrogen and oxygen atoms in total. The molecule has 2 aromatic rings. The number of hydrogen-bond donors (Lipinski definition) is 3. The Morgan fingerprint density at radius 1 is 1.33 bits per heavy atom. The summed E-state index contributed by atoms with van der Waals surface area (Å²) in [5, 5.41) is 18.3. The van der Waals surface area contributed by atoms with Crippen LogP contribution in [0.25, 0.3) is 11.3 Å². The Balaban J connectivity index is 2.75. The Labute approximate surface area is 119 Å². The predicted molar refractivity (Wildman–Crippen MR) is 74.5 cm³/mol. The van der Waals surface area contributed by atoms with E-state index in [-0.39, 0.29) is 28.6 Å². The summed E-state index contributed by atoms with van der Waals surface area (Å²) in [6.45, 7) is 0. The Morgan fingerprint density at radius 2 is 2.05 bits per heavy atom. The SMILES string of the molecule is COc1cc(C(=O)O)cc(-c2nc(N)nc(N)c2C#N)c1. The number of nitriles is 1. The maximum absolute atomic E-state index is 11.1. The molecule has 106 valence electrons. The number of methoxy groups -OCH3 is 1. The third kappa shape index (κ3) is 2.66. The Bertz CT molecular complexity index is 767. The highest BCUT2D eigenvalue weighted by molar-refractivity contribution is 5.90. The summed E-state index contributed by atoms with van der Waals surface area (Å²) in [4.78, 5) is 18.8. The molecule has 1 aromatic heterocycles. The molecule has 0 fully saturated rings. The van der Waals surface area contributed by atoms with Crippen LogP contribution >= 0.6 is 0 Å². The monoisotopic (exact) mass is 285 g/mol. The number of aromatic nitrogens is 2. The summed E-state index contributed by atoms with van der Waals surface area (Å²) in [6, 6.07) is 6.13. The number of nitrogens with zero attached hydrogens (tertiary/aromatic N) is 3. The molecule has 0 spiro atoms. The van der Waals surface area contributed by atoms with E-state index < -0.39 is 5.97 Å². The van der Waals surface area contributed by atoms with Crippen molar-refractivity contribution in [1.29, 1.82) is 5.26 Å². The second kappa shape index (κ2) is 5.34. The number of rotatable bonds is 3. The maximum Gasteiger partial charge on any atom is 0.335 e. The molecule has 1 aromatic carbocycles. The lowest BCUT2D eigenvalue weighted by molar-refractivity contribution is 0.0696. The van der Waals surface area contributed by atoms with Gasteiger partial charge >= 0.3 is 5.97 Å². The van der Waals surface area contributed by atoms with Gasteiger partial charge in [0, 0.05) is 5.56 Å². The van der Waals surface area contributed by atoms with Gasteiger partial charge in [-0.25, -0.2) is 9.78 Å². The second-order valence-electron chi connectivity index (χ2n) is 4.06. The van der Waals surface area contributed by atoms with Gasteiger partial charge in [-0.05, 0) is 18.2 Å². The summed E-state index contributed by atoms with van der Waals surface area (Å²) in [7, 11) is 1.40. The first-order chi connectivity index (χ1) is 9.96. The molecule has 8 heteroatoms. The molecule has 0 atom stereocenters. The van der Waals surface area contributed by atoms with Crippen LogP contribution in [-0.2, 0) is 0 Å². The molecule has 2 rings (SSSR count). The highest BCUT2D eigenvalue weighted by atomic mass is 16.5. The van der Waals surface area contributed by atoms with Crippen molar-refractivity contribution in [3.05, 3.63) is 29.3 Å². The molecule has 1 heterocycles. The first-order valence-corrected chi connectivity index (χ1v) is 5.72. The van der Waals surface area contributed by atoms with Gasteiger partial charge in [0.05, 0.1) is 18.4 Å². The molecule has 21 heavy (non-hydrogen) atoms. The third-order valence-corrected chi connectivity index (χ3v) is 2.73. The van der Waals surface area contributed by atoms with Gasteiger partial charge in [0.2, 0.25) is 5.95 Å². The smallest absolute Gasteiger partial charge is 0.335 e. The Hall–Kier alpha value is -3.34.